The lowest BCUT2D eigenvalue weighted by atomic mass is 10.1. The lowest BCUT2D eigenvalue weighted by Crippen LogP contribution is -2.43. The summed E-state index contributed by atoms with van der Waals surface area (Å²) in [4.78, 5) is 30.3. The van der Waals surface area contributed by atoms with Gasteiger partial charge in [-0.3, -0.25) is 19.8 Å². The van der Waals surface area contributed by atoms with Crippen LogP contribution in [-0.4, -0.2) is 60.0 Å². The van der Waals surface area contributed by atoms with Crippen molar-refractivity contribution in [1.29, 1.82) is 0 Å². The number of hydrogen-bond acceptors (Lipinski definition) is 6. The average Bonchev–Trinajstić information content (AvgIpc) is 2.79. The molecule has 2 aromatic carbocycles. The lowest BCUT2D eigenvalue weighted by molar-refractivity contribution is -0.385. The van der Waals surface area contributed by atoms with E-state index in [2.05, 4.69) is 4.90 Å². The number of nitro benzene ring substituents is 1. The van der Waals surface area contributed by atoms with Crippen LogP contribution in [0.4, 0.5) is 5.69 Å². The minimum Gasteiger partial charge on any atom is -0.379 e. The van der Waals surface area contributed by atoms with Gasteiger partial charge >= 0.3 is 0 Å². The van der Waals surface area contributed by atoms with Crippen molar-refractivity contribution in [2.45, 2.75) is 43.5 Å². The average molecular weight is 472 g/mol. The summed E-state index contributed by atoms with van der Waals surface area (Å²) in [7, 11) is 0. The SMILES string of the molecule is Cc1ccc(Sc2ccc([N+](=O)[O-])cc2CN(CCN2CCOCC2)C(=O)CC(C)C)cc1. The van der Waals surface area contributed by atoms with Gasteiger partial charge in [0.05, 0.1) is 18.1 Å². The molecule has 0 atom stereocenters. The van der Waals surface area contributed by atoms with Gasteiger partial charge in [-0.2, -0.15) is 0 Å². The van der Waals surface area contributed by atoms with Crippen LogP contribution < -0.4 is 0 Å². The summed E-state index contributed by atoms with van der Waals surface area (Å²) >= 11 is 1.57. The minimum atomic E-state index is -0.377. The third-order valence-corrected chi connectivity index (χ3v) is 6.72. The highest BCUT2D eigenvalue weighted by Crippen LogP contribution is 2.33. The number of nitrogens with zero attached hydrogens (tertiary/aromatic N) is 3. The molecule has 2 aromatic rings. The molecule has 0 aromatic heterocycles. The smallest absolute Gasteiger partial charge is 0.269 e. The summed E-state index contributed by atoms with van der Waals surface area (Å²) < 4.78 is 5.43. The Kier molecular flexibility index (Phi) is 9.29. The van der Waals surface area contributed by atoms with Gasteiger partial charge < -0.3 is 9.64 Å². The fraction of sp³-hybridized carbons (Fsp3) is 0.480. The Hall–Kier alpha value is -2.42. The molecule has 3 rings (SSSR count). The first-order valence-electron chi connectivity index (χ1n) is 11.4. The maximum absolute atomic E-state index is 13.1. The predicted octanol–water partition coefficient (Wildman–Crippen LogP) is 4.76. The third-order valence-electron chi connectivity index (χ3n) is 5.59. The summed E-state index contributed by atoms with van der Waals surface area (Å²) in [6.45, 7) is 10.9. The van der Waals surface area contributed by atoms with Crippen LogP contribution >= 0.6 is 11.8 Å². The first-order valence-corrected chi connectivity index (χ1v) is 12.2. The van der Waals surface area contributed by atoms with Crippen molar-refractivity contribution in [3.8, 4) is 0 Å². The Bertz CT molecular complexity index is 943. The van der Waals surface area contributed by atoms with Crippen LogP contribution in [0.1, 0.15) is 31.4 Å². The molecule has 1 heterocycles. The van der Waals surface area contributed by atoms with E-state index in [4.69, 9.17) is 4.74 Å². The van der Waals surface area contributed by atoms with E-state index < -0.39 is 0 Å². The number of ether oxygens (including phenoxy) is 1. The van der Waals surface area contributed by atoms with E-state index >= 15 is 0 Å². The summed E-state index contributed by atoms with van der Waals surface area (Å²) in [5.41, 5.74) is 2.02. The van der Waals surface area contributed by atoms with Crippen LogP contribution in [0.2, 0.25) is 0 Å². The first-order chi connectivity index (χ1) is 15.8. The Labute approximate surface area is 200 Å². The molecule has 33 heavy (non-hydrogen) atoms. The van der Waals surface area contributed by atoms with Crippen molar-refractivity contribution < 1.29 is 14.5 Å². The highest BCUT2D eigenvalue weighted by Gasteiger charge is 2.21. The molecule has 0 aliphatic carbocycles. The number of non-ortho nitro benzene ring substituents is 1. The van der Waals surface area contributed by atoms with Crippen molar-refractivity contribution in [2.24, 2.45) is 5.92 Å². The van der Waals surface area contributed by atoms with Crippen LogP contribution in [0.3, 0.4) is 0 Å². The van der Waals surface area contributed by atoms with Crippen LogP contribution in [0, 0.1) is 23.0 Å². The van der Waals surface area contributed by atoms with E-state index in [1.54, 1.807) is 23.9 Å². The number of hydrogen-bond donors (Lipinski definition) is 0. The number of benzene rings is 2. The highest BCUT2D eigenvalue weighted by atomic mass is 32.2. The zero-order chi connectivity index (χ0) is 23.8. The van der Waals surface area contributed by atoms with E-state index in [-0.39, 0.29) is 22.4 Å². The standard InChI is InChI=1S/C25H33N3O4S/c1-19(2)16-25(29)27(11-10-26-12-14-32-15-13-26)18-21-17-22(28(30)31)6-9-24(21)33-23-7-4-20(3)5-8-23/h4-9,17,19H,10-16,18H2,1-3H3. The van der Waals surface area contributed by atoms with E-state index in [1.807, 2.05) is 49.9 Å². The lowest BCUT2D eigenvalue weighted by Gasteiger charge is -2.31. The number of aryl methyl sites for hydroxylation is 1. The Balaban J connectivity index is 1.84. The van der Waals surface area contributed by atoms with Crippen LogP contribution in [0.15, 0.2) is 52.3 Å². The second-order valence-electron chi connectivity index (χ2n) is 8.83. The molecule has 0 radical (unpaired) electrons. The number of carbonyl (C=O) groups is 1. The number of amides is 1. The maximum atomic E-state index is 13.1. The highest BCUT2D eigenvalue weighted by molar-refractivity contribution is 7.99. The zero-order valence-corrected chi connectivity index (χ0v) is 20.5. The van der Waals surface area contributed by atoms with E-state index in [1.165, 1.54) is 11.6 Å². The van der Waals surface area contributed by atoms with Crippen LogP contribution in [0.5, 0.6) is 0 Å². The van der Waals surface area contributed by atoms with Gasteiger partial charge in [-0.05, 0) is 36.6 Å². The normalized spacial score (nSPS) is 14.4. The Morgan fingerprint density at radius 1 is 1.18 bits per heavy atom. The van der Waals surface area contributed by atoms with Gasteiger partial charge in [0.2, 0.25) is 5.91 Å². The Morgan fingerprint density at radius 2 is 1.88 bits per heavy atom. The van der Waals surface area contributed by atoms with E-state index in [0.29, 0.717) is 32.7 Å². The molecule has 7 nitrogen and oxygen atoms in total. The summed E-state index contributed by atoms with van der Waals surface area (Å²) in [6.07, 6.45) is 0.457. The number of nitro groups is 1. The van der Waals surface area contributed by atoms with Crippen molar-refractivity contribution >= 4 is 23.4 Å². The molecule has 1 amide bonds. The topological polar surface area (TPSA) is 75.9 Å². The molecule has 178 valence electrons. The second-order valence-corrected chi connectivity index (χ2v) is 9.95. The monoisotopic (exact) mass is 471 g/mol. The van der Waals surface area contributed by atoms with Gasteiger partial charge in [0.25, 0.3) is 5.69 Å². The summed E-state index contributed by atoms with van der Waals surface area (Å²) in [6, 6.07) is 13.1. The largest absolute Gasteiger partial charge is 0.379 e. The molecule has 0 saturated carbocycles. The van der Waals surface area contributed by atoms with Crippen molar-refractivity contribution in [1.82, 2.24) is 9.80 Å². The summed E-state index contributed by atoms with van der Waals surface area (Å²) in [5, 5.41) is 11.5. The van der Waals surface area contributed by atoms with Gasteiger partial charge in [-0.25, -0.2) is 0 Å². The minimum absolute atomic E-state index is 0.0442. The van der Waals surface area contributed by atoms with Gasteiger partial charge in [-0.15, -0.1) is 0 Å². The van der Waals surface area contributed by atoms with Crippen LogP contribution in [-0.2, 0) is 16.1 Å². The molecule has 0 bridgehead atoms. The molecule has 8 heteroatoms. The molecule has 1 fully saturated rings. The molecule has 0 spiro atoms. The van der Waals surface area contributed by atoms with Gasteiger partial charge in [-0.1, -0.05) is 43.3 Å². The second kappa shape index (κ2) is 12.2. The fourth-order valence-corrected chi connectivity index (χ4v) is 4.62. The van der Waals surface area contributed by atoms with Crippen LogP contribution in [0.25, 0.3) is 0 Å². The van der Waals surface area contributed by atoms with E-state index in [9.17, 15) is 14.9 Å². The first kappa shape index (κ1) is 25.2. The van der Waals surface area contributed by atoms with Crippen molar-refractivity contribution in [3.63, 3.8) is 0 Å². The quantitative estimate of drug-likeness (QED) is 0.367. The summed E-state index contributed by atoms with van der Waals surface area (Å²) in [5.74, 6) is 0.325. The fourth-order valence-electron chi connectivity index (χ4n) is 3.70. The van der Waals surface area contributed by atoms with E-state index in [0.717, 1.165) is 35.0 Å². The Morgan fingerprint density at radius 3 is 2.52 bits per heavy atom. The zero-order valence-electron chi connectivity index (χ0n) is 19.7. The molecule has 0 N–H and O–H groups in total. The maximum Gasteiger partial charge on any atom is 0.269 e. The number of rotatable bonds is 10. The molecule has 0 unspecified atom stereocenters. The number of morpholine rings is 1. The molecule has 1 saturated heterocycles. The molecule has 1 aliphatic rings. The number of carbonyl (C=O) groups excluding carboxylic acids is 1. The predicted molar refractivity (Wildman–Crippen MR) is 131 cm³/mol. The van der Waals surface area contributed by atoms with Gasteiger partial charge in [0.1, 0.15) is 0 Å². The molecular weight excluding hydrogens is 438 g/mol. The van der Waals surface area contributed by atoms with Gasteiger partial charge in [0.15, 0.2) is 0 Å². The van der Waals surface area contributed by atoms with Crippen molar-refractivity contribution in [2.75, 3.05) is 39.4 Å². The molecule has 1 aliphatic heterocycles. The van der Waals surface area contributed by atoms with Crippen molar-refractivity contribution in [3.05, 3.63) is 63.7 Å². The van der Waals surface area contributed by atoms with Gasteiger partial charge in [0, 0.05) is 61.1 Å². The third kappa shape index (κ3) is 7.84. The molecular formula is C25H33N3O4S.